The Balaban J connectivity index is 1.99. The Morgan fingerprint density at radius 2 is 2.12 bits per heavy atom. The van der Waals surface area contributed by atoms with Crippen molar-refractivity contribution >= 4 is 11.6 Å². The van der Waals surface area contributed by atoms with Crippen molar-refractivity contribution in [1.82, 2.24) is 9.97 Å². The van der Waals surface area contributed by atoms with Crippen LogP contribution in [0.3, 0.4) is 0 Å². The van der Waals surface area contributed by atoms with Crippen molar-refractivity contribution < 1.29 is 4.42 Å². The van der Waals surface area contributed by atoms with Gasteiger partial charge in [-0.3, -0.25) is 0 Å². The van der Waals surface area contributed by atoms with Crippen LogP contribution in [-0.2, 0) is 6.54 Å². The highest BCUT2D eigenvalue weighted by Gasteiger charge is 2.00. The van der Waals surface area contributed by atoms with Crippen molar-refractivity contribution in [2.75, 3.05) is 10.7 Å². The fraction of sp³-hybridized carbons (Fsp3) is 0.200. The molecule has 16 heavy (non-hydrogen) atoms. The molecule has 0 bridgehead atoms. The lowest BCUT2D eigenvalue weighted by atomic mass is 10.4. The summed E-state index contributed by atoms with van der Waals surface area (Å²) in [7, 11) is 0. The standard InChI is InChI=1S/C10H13N5O/c1-7-2-3-8(16-7)5-12-9-4-10(15-11)14-6-13-9/h2-4,6H,5,11H2,1H3,(H2,12,13,14,15). The average molecular weight is 219 g/mol. The predicted octanol–water partition coefficient (Wildman–Crippen LogP) is 1.28. The molecule has 2 aromatic heterocycles. The Labute approximate surface area is 92.9 Å². The third-order valence-corrected chi connectivity index (χ3v) is 2.05. The Bertz CT molecular complexity index is 468. The second-order valence-electron chi connectivity index (χ2n) is 3.30. The first-order chi connectivity index (χ1) is 7.78. The van der Waals surface area contributed by atoms with Crippen LogP contribution in [0.25, 0.3) is 0 Å². The van der Waals surface area contributed by atoms with E-state index in [1.54, 1.807) is 6.07 Å². The maximum atomic E-state index is 5.42. The van der Waals surface area contributed by atoms with Crippen LogP contribution in [0.5, 0.6) is 0 Å². The van der Waals surface area contributed by atoms with Crippen molar-refractivity contribution in [2.24, 2.45) is 5.84 Å². The topological polar surface area (TPSA) is 89.0 Å². The third kappa shape index (κ3) is 2.48. The number of anilines is 2. The molecular weight excluding hydrogens is 206 g/mol. The third-order valence-electron chi connectivity index (χ3n) is 2.05. The van der Waals surface area contributed by atoms with E-state index < -0.39 is 0 Å². The van der Waals surface area contributed by atoms with Crippen molar-refractivity contribution in [2.45, 2.75) is 13.5 Å². The number of nitrogens with one attached hydrogen (secondary N) is 2. The fourth-order valence-corrected chi connectivity index (χ4v) is 1.29. The molecule has 4 N–H and O–H groups in total. The highest BCUT2D eigenvalue weighted by Crippen LogP contribution is 2.11. The zero-order chi connectivity index (χ0) is 11.4. The minimum atomic E-state index is 0.563. The van der Waals surface area contributed by atoms with Gasteiger partial charge in [-0.2, -0.15) is 0 Å². The number of aromatic nitrogens is 2. The van der Waals surface area contributed by atoms with Crippen LogP contribution in [0.4, 0.5) is 11.6 Å². The zero-order valence-electron chi connectivity index (χ0n) is 8.90. The summed E-state index contributed by atoms with van der Waals surface area (Å²) in [6.45, 7) is 2.49. The molecule has 6 nitrogen and oxygen atoms in total. The second kappa shape index (κ2) is 4.63. The lowest BCUT2D eigenvalue weighted by Gasteiger charge is -2.04. The van der Waals surface area contributed by atoms with Crippen molar-refractivity contribution in [3.8, 4) is 0 Å². The summed E-state index contributed by atoms with van der Waals surface area (Å²) in [5.74, 6) is 8.25. The molecule has 0 aromatic carbocycles. The van der Waals surface area contributed by atoms with Gasteiger partial charge in [-0.1, -0.05) is 0 Å². The zero-order valence-corrected chi connectivity index (χ0v) is 8.90. The van der Waals surface area contributed by atoms with E-state index in [-0.39, 0.29) is 0 Å². The molecule has 0 aliphatic heterocycles. The van der Waals surface area contributed by atoms with E-state index in [4.69, 9.17) is 10.3 Å². The largest absolute Gasteiger partial charge is 0.465 e. The molecule has 2 rings (SSSR count). The molecule has 0 aliphatic carbocycles. The van der Waals surface area contributed by atoms with Gasteiger partial charge in [0, 0.05) is 6.07 Å². The van der Waals surface area contributed by atoms with Crippen LogP contribution in [0.2, 0.25) is 0 Å². The Morgan fingerprint density at radius 1 is 1.31 bits per heavy atom. The predicted molar refractivity (Wildman–Crippen MR) is 60.6 cm³/mol. The van der Waals surface area contributed by atoms with Gasteiger partial charge < -0.3 is 15.2 Å². The average Bonchev–Trinajstić information content (AvgIpc) is 2.73. The summed E-state index contributed by atoms with van der Waals surface area (Å²) in [6, 6.07) is 5.56. The minimum absolute atomic E-state index is 0.563. The normalized spacial score (nSPS) is 10.1. The van der Waals surface area contributed by atoms with Crippen LogP contribution in [0, 0.1) is 6.92 Å². The molecule has 6 heteroatoms. The van der Waals surface area contributed by atoms with Crippen molar-refractivity contribution in [3.05, 3.63) is 36.0 Å². The van der Waals surface area contributed by atoms with Crippen molar-refractivity contribution in [3.63, 3.8) is 0 Å². The molecule has 0 saturated carbocycles. The number of aryl methyl sites for hydroxylation is 1. The molecule has 0 unspecified atom stereocenters. The molecular formula is C10H13N5O. The molecule has 0 saturated heterocycles. The van der Waals surface area contributed by atoms with Gasteiger partial charge in [0.15, 0.2) is 0 Å². The number of hydrogen-bond acceptors (Lipinski definition) is 6. The summed E-state index contributed by atoms with van der Waals surface area (Å²) in [5.41, 5.74) is 2.46. The smallest absolute Gasteiger partial charge is 0.145 e. The SMILES string of the molecule is Cc1ccc(CNc2cc(NN)ncn2)o1. The monoisotopic (exact) mass is 219 g/mol. The Hall–Kier alpha value is -2.08. The first-order valence-electron chi connectivity index (χ1n) is 4.86. The van der Waals surface area contributed by atoms with Gasteiger partial charge in [0.25, 0.3) is 0 Å². The molecule has 0 radical (unpaired) electrons. The van der Waals surface area contributed by atoms with Gasteiger partial charge in [0.2, 0.25) is 0 Å². The van der Waals surface area contributed by atoms with Crippen LogP contribution in [-0.4, -0.2) is 9.97 Å². The van der Waals surface area contributed by atoms with Crippen LogP contribution < -0.4 is 16.6 Å². The summed E-state index contributed by atoms with van der Waals surface area (Å²) in [5, 5.41) is 3.11. The fourth-order valence-electron chi connectivity index (χ4n) is 1.29. The number of nitrogen functional groups attached to an aromatic ring is 1. The molecule has 0 amide bonds. The van der Waals surface area contributed by atoms with E-state index in [0.29, 0.717) is 18.2 Å². The highest BCUT2D eigenvalue weighted by molar-refractivity contribution is 5.45. The van der Waals surface area contributed by atoms with Crippen LogP contribution in [0.1, 0.15) is 11.5 Å². The highest BCUT2D eigenvalue weighted by atomic mass is 16.3. The lowest BCUT2D eigenvalue weighted by molar-refractivity contribution is 0.490. The maximum Gasteiger partial charge on any atom is 0.145 e. The van der Waals surface area contributed by atoms with E-state index in [9.17, 15) is 0 Å². The summed E-state index contributed by atoms with van der Waals surface area (Å²) < 4.78 is 5.42. The molecule has 0 atom stereocenters. The summed E-state index contributed by atoms with van der Waals surface area (Å²) in [6.07, 6.45) is 1.44. The number of hydrogen-bond donors (Lipinski definition) is 3. The van der Waals surface area contributed by atoms with Gasteiger partial charge in [0.05, 0.1) is 6.54 Å². The maximum absolute atomic E-state index is 5.42. The number of furan rings is 1. The van der Waals surface area contributed by atoms with E-state index in [2.05, 4.69) is 20.7 Å². The summed E-state index contributed by atoms with van der Waals surface area (Å²) in [4.78, 5) is 7.96. The van der Waals surface area contributed by atoms with Crippen molar-refractivity contribution in [1.29, 1.82) is 0 Å². The second-order valence-corrected chi connectivity index (χ2v) is 3.30. The van der Waals surface area contributed by atoms with Crippen LogP contribution in [0.15, 0.2) is 28.9 Å². The van der Waals surface area contributed by atoms with Gasteiger partial charge in [-0.05, 0) is 19.1 Å². The molecule has 84 valence electrons. The molecule has 0 spiro atoms. The molecule has 0 aliphatic rings. The summed E-state index contributed by atoms with van der Waals surface area (Å²) >= 11 is 0. The van der Waals surface area contributed by atoms with E-state index in [0.717, 1.165) is 11.5 Å². The first-order valence-corrected chi connectivity index (χ1v) is 4.86. The Kier molecular flexibility index (Phi) is 3.02. The number of hydrazine groups is 1. The van der Waals surface area contributed by atoms with Gasteiger partial charge >= 0.3 is 0 Å². The molecule has 2 aromatic rings. The first kappa shape index (κ1) is 10.4. The lowest BCUT2D eigenvalue weighted by Crippen LogP contribution is -2.09. The van der Waals surface area contributed by atoms with Crippen LogP contribution >= 0.6 is 0 Å². The van der Waals surface area contributed by atoms with E-state index >= 15 is 0 Å². The van der Waals surface area contributed by atoms with Gasteiger partial charge in [-0.25, -0.2) is 15.8 Å². The molecule has 2 heterocycles. The number of nitrogens with zero attached hydrogens (tertiary/aromatic N) is 2. The van der Waals surface area contributed by atoms with E-state index in [1.165, 1.54) is 6.33 Å². The minimum Gasteiger partial charge on any atom is -0.465 e. The Morgan fingerprint density at radius 3 is 2.81 bits per heavy atom. The van der Waals surface area contributed by atoms with Gasteiger partial charge in [-0.15, -0.1) is 0 Å². The molecule has 0 fully saturated rings. The quantitative estimate of drug-likeness (QED) is 0.530. The number of rotatable bonds is 4. The van der Waals surface area contributed by atoms with Gasteiger partial charge in [0.1, 0.15) is 29.5 Å². The van der Waals surface area contributed by atoms with E-state index in [1.807, 2.05) is 19.1 Å². The number of nitrogens with two attached hydrogens (primary N) is 1.